The van der Waals surface area contributed by atoms with Gasteiger partial charge in [-0.05, 0) is 25.1 Å². The van der Waals surface area contributed by atoms with Gasteiger partial charge in [-0.2, -0.15) is 5.10 Å². The summed E-state index contributed by atoms with van der Waals surface area (Å²) in [6, 6.07) is 5.39. The zero-order chi connectivity index (χ0) is 15.9. The van der Waals surface area contributed by atoms with Crippen LogP contribution in [-0.2, 0) is 0 Å². The maximum absolute atomic E-state index is 11.8. The topological polar surface area (TPSA) is 85.7 Å². The first-order valence-corrected chi connectivity index (χ1v) is 6.48. The third kappa shape index (κ3) is 3.57. The standard InChI is InChI=1S/C15H16N4O3/c1-10(11-4-5-13(21-2)14(8-11)22-3)18-19-15(20)12-9-16-6-7-17-12/h4-9H,1-3H3,(H,19,20). The zero-order valence-electron chi connectivity index (χ0n) is 12.5. The Morgan fingerprint density at radius 3 is 2.59 bits per heavy atom. The molecule has 0 aliphatic carbocycles. The lowest BCUT2D eigenvalue weighted by Crippen LogP contribution is -2.20. The molecule has 1 amide bonds. The van der Waals surface area contributed by atoms with Crippen molar-refractivity contribution in [2.75, 3.05) is 14.2 Å². The van der Waals surface area contributed by atoms with Crippen LogP contribution in [0.1, 0.15) is 23.0 Å². The van der Waals surface area contributed by atoms with Crippen LogP contribution in [-0.4, -0.2) is 35.8 Å². The van der Waals surface area contributed by atoms with E-state index in [1.807, 2.05) is 6.07 Å². The molecule has 0 atom stereocenters. The number of amides is 1. The minimum atomic E-state index is -0.423. The first-order valence-electron chi connectivity index (χ1n) is 6.48. The van der Waals surface area contributed by atoms with Crippen LogP contribution in [0.3, 0.4) is 0 Å². The molecule has 7 nitrogen and oxygen atoms in total. The molecule has 0 radical (unpaired) electrons. The third-order valence-electron chi connectivity index (χ3n) is 2.92. The second-order valence-corrected chi connectivity index (χ2v) is 4.30. The van der Waals surface area contributed by atoms with E-state index in [4.69, 9.17) is 9.47 Å². The van der Waals surface area contributed by atoms with Gasteiger partial charge in [-0.15, -0.1) is 0 Å². The van der Waals surface area contributed by atoms with Crippen molar-refractivity contribution in [1.29, 1.82) is 0 Å². The van der Waals surface area contributed by atoms with Crippen LogP contribution >= 0.6 is 0 Å². The fourth-order valence-electron chi connectivity index (χ4n) is 1.73. The lowest BCUT2D eigenvalue weighted by atomic mass is 10.1. The normalized spacial score (nSPS) is 11.0. The largest absolute Gasteiger partial charge is 0.493 e. The average Bonchev–Trinajstić information content (AvgIpc) is 2.59. The Morgan fingerprint density at radius 1 is 1.18 bits per heavy atom. The molecule has 2 rings (SSSR count). The van der Waals surface area contributed by atoms with Crippen molar-refractivity contribution < 1.29 is 14.3 Å². The molecular formula is C15H16N4O3. The molecule has 0 aliphatic rings. The van der Waals surface area contributed by atoms with Crippen LogP contribution in [0.15, 0.2) is 41.9 Å². The van der Waals surface area contributed by atoms with Gasteiger partial charge in [0.15, 0.2) is 11.5 Å². The lowest BCUT2D eigenvalue weighted by Gasteiger charge is -2.09. The zero-order valence-corrected chi connectivity index (χ0v) is 12.5. The van der Waals surface area contributed by atoms with Crippen molar-refractivity contribution in [1.82, 2.24) is 15.4 Å². The van der Waals surface area contributed by atoms with Crippen molar-refractivity contribution in [3.05, 3.63) is 48.0 Å². The Kier molecular flexibility index (Phi) is 5.02. The second-order valence-electron chi connectivity index (χ2n) is 4.30. The fourth-order valence-corrected chi connectivity index (χ4v) is 1.73. The number of hydrogen-bond acceptors (Lipinski definition) is 6. The molecule has 0 saturated heterocycles. The van der Waals surface area contributed by atoms with Gasteiger partial charge in [0.05, 0.1) is 26.1 Å². The number of nitrogens with one attached hydrogen (secondary N) is 1. The van der Waals surface area contributed by atoms with Gasteiger partial charge < -0.3 is 9.47 Å². The first kappa shape index (κ1) is 15.4. The molecule has 0 bridgehead atoms. The summed E-state index contributed by atoms with van der Waals surface area (Å²) in [6.45, 7) is 1.78. The molecule has 7 heteroatoms. The van der Waals surface area contributed by atoms with Gasteiger partial charge in [-0.1, -0.05) is 0 Å². The van der Waals surface area contributed by atoms with Gasteiger partial charge in [0.25, 0.3) is 5.91 Å². The van der Waals surface area contributed by atoms with Gasteiger partial charge in [-0.3, -0.25) is 9.78 Å². The highest BCUT2D eigenvalue weighted by Crippen LogP contribution is 2.27. The van der Waals surface area contributed by atoms with Gasteiger partial charge >= 0.3 is 0 Å². The van der Waals surface area contributed by atoms with Crippen LogP contribution in [0.4, 0.5) is 0 Å². The van der Waals surface area contributed by atoms with E-state index in [0.717, 1.165) is 5.56 Å². The van der Waals surface area contributed by atoms with Gasteiger partial charge in [-0.25, -0.2) is 10.4 Å². The van der Waals surface area contributed by atoms with E-state index in [1.165, 1.54) is 18.6 Å². The number of benzene rings is 1. The van der Waals surface area contributed by atoms with E-state index in [0.29, 0.717) is 17.2 Å². The Bertz CT molecular complexity index is 686. The van der Waals surface area contributed by atoms with Crippen LogP contribution in [0, 0.1) is 0 Å². The number of hydrogen-bond donors (Lipinski definition) is 1. The van der Waals surface area contributed by atoms with Crippen molar-refractivity contribution in [3.63, 3.8) is 0 Å². The summed E-state index contributed by atoms with van der Waals surface area (Å²) in [7, 11) is 3.13. The molecule has 0 unspecified atom stereocenters. The summed E-state index contributed by atoms with van der Waals surface area (Å²) in [5.74, 6) is 0.797. The summed E-state index contributed by atoms with van der Waals surface area (Å²) >= 11 is 0. The lowest BCUT2D eigenvalue weighted by molar-refractivity contribution is 0.0949. The Labute approximate surface area is 128 Å². The number of rotatable bonds is 5. The van der Waals surface area contributed by atoms with Crippen LogP contribution in [0.2, 0.25) is 0 Å². The maximum Gasteiger partial charge on any atom is 0.291 e. The molecule has 1 aromatic heterocycles. The molecule has 0 aliphatic heterocycles. The minimum Gasteiger partial charge on any atom is -0.493 e. The van der Waals surface area contributed by atoms with Crippen molar-refractivity contribution in [2.45, 2.75) is 6.92 Å². The number of methoxy groups -OCH3 is 2. The summed E-state index contributed by atoms with van der Waals surface area (Å²) in [5, 5.41) is 4.05. The third-order valence-corrected chi connectivity index (χ3v) is 2.92. The van der Waals surface area contributed by atoms with E-state index < -0.39 is 5.91 Å². The molecule has 1 N–H and O–H groups in total. The minimum absolute atomic E-state index is 0.200. The number of carbonyl (C=O) groups excluding carboxylic acids is 1. The quantitative estimate of drug-likeness (QED) is 0.670. The number of carbonyl (C=O) groups is 1. The Hall–Kier alpha value is -2.96. The molecular weight excluding hydrogens is 284 g/mol. The van der Waals surface area contributed by atoms with Gasteiger partial charge in [0.1, 0.15) is 5.69 Å². The number of nitrogens with zero attached hydrogens (tertiary/aromatic N) is 3. The van der Waals surface area contributed by atoms with E-state index in [9.17, 15) is 4.79 Å². The highest BCUT2D eigenvalue weighted by atomic mass is 16.5. The fraction of sp³-hybridized carbons (Fsp3) is 0.200. The van der Waals surface area contributed by atoms with Crippen molar-refractivity contribution >= 4 is 11.6 Å². The average molecular weight is 300 g/mol. The predicted octanol–water partition coefficient (Wildman–Crippen LogP) is 1.65. The van der Waals surface area contributed by atoms with E-state index >= 15 is 0 Å². The Morgan fingerprint density at radius 2 is 1.95 bits per heavy atom. The van der Waals surface area contributed by atoms with Crippen LogP contribution < -0.4 is 14.9 Å². The van der Waals surface area contributed by atoms with Crippen molar-refractivity contribution in [2.24, 2.45) is 5.10 Å². The number of hydrazone groups is 1. The monoisotopic (exact) mass is 300 g/mol. The van der Waals surface area contributed by atoms with Crippen LogP contribution in [0.25, 0.3) is 0 Å². The molecule has 0 fully saturated rings. The van der Waals surface area contributed by atoms with Gasteiger partial charge in [0, 0.05) is 18.0 Å². The summed E-state index contributed by atoms with van der Waals surface area (Å²) in [5.41, 5.74) is 4.06. The smallest absolute Gasteiger partial charge is 0.291 e. The van der Waals surface area contributed by atoms with Crippen molar-refractivity contribution in [3.8, 4) is 11.5 Å². The maximum atomic E-state index is 11.8. The number of aromatic nitrogens is 2. The second kappa shape index (κ2) is 7.16. The first-order chi connectivity index (χ1) is 10.7. The molecule has 2 aromatic rings. The molecule has 114 valence electrons. The van der Waals surface area contributed by atoms with Gasteiger partial charge in [0.2, 0.25) is 0 Å². The molecule has 1 aromatic carbocycles. The summed E-state index contributed by atoms with van der Waals surface area (Å²) in [6.07, 6.45) is 4.31. The van der Waals surface area contributed by atoms with E-state index in [1.54, 1.807) is 33.3 Å². The molecule has 1 heterocycles. The highest BCUT2D eigenvalue weighted by Gasteiger charge is 2.08. The van der Waals surface area contributed by atoms with E-state index in [2.05, 4.69) is 20.5 Å². The number of ether oxygens (including phenoxy) is 2. The van der Waals surface area contributed by atoms with E-state index in [-0.39, 0.29) is 5.69 Å². The summed E-state index contributed by atoms with van der Waals surface area (Å²) < 4.78 is 10.4. The summed E-state index contributed by atoms with van der Waals surface area (Å²) in [4.78, 5) is 19.6. The highest BCUT2D eigenvalue weighted by molar-refractivity contribution is 6.00. The van der Waals surface area contributed by atoms with Crippen LogP contribution in [0.5, 0.6) is 11.5 Å². The predicted molar refractivity (Wildman–Crippen MR) is 81.3 cm³/mol. The Balaban J connectivity index is 2.14. The molecule has 22 heavy (non-hydrogen) atoms. The molecule has 0 saturated carbocycles. The SMILES string of the molecule is COc1ccc(C(C)=NNC(=O)c2cnccn2)cc1OC. The molecule has 0 spiro atoms.